The first-order chi connectivity index (χ1) is 15.7. The molecule has 8 heteroatoms. The number of rotatable bonds is 6. The number of methoxy groups -OCH3 is 1. The second kappa shape index (κ2) is 8.92. The quantitative estimate of drug-likeness (QED) is 0.534. The van der Waals surface area contributed by atoms with Gasteiger partial charge in [0, 0.05) is 11.6 Å². The van der Waals surface area contributed by atoms with Crippen LogP contribution < -0.4 is 4.74 Å². The number of nitrogens with zero attached hydrogens (tertiary/aromatic N) is 1. The van der Waals surface area contributed by atoms with E-state index in [2.05, 4.69) is 0 Å². The van der Waals surface area contributed by atoms with Gasteiger partial charge in [0.05, 0.1) is 18.0 Å². The molecule has 170 valence electrons. The molecule has 0 saturated carbocycles. The molecule has 3 aromatic carbocycles. The van der Waals surface area contributed by atoms with Crippen LogP contribution in [0.15, 0.2) is 88.4 Å². The molecule has 1 aliphatic heterocycles. The number of benzene rings is 3. The Morgan fingerprint density at radius 2 is 1.70 bits per heavy atom. The molecule has 0 spiro atoms. The van der Waals surface area contributed by atoms with Crippen LogP contribution in [0.25, 0.3) is 0 Å². The van der Waals surface area contributed by atoms with Gasteiger partial charge < -0.3 is 14.7 Å². The molecule has 1 aliphatic rings. The monoisotopic (exact) mass is 483 g/mol. The summed E-state index contributed by atoms with van der Waals surface area (Å²) in [5, 5.41) is 11.3. The summed E-state index contributed by atoms with van der Waals surface area (Å²) in [6.45, 7) is 1.92. The molecule has 0 bridgehead atoms. The van der Waals surface area contributed by atoms with E-state index in [0.717, 1.165) is 11.1 Å². The molecule has 4 rings (SSSR count). The molecule has 1 amide bonds. The van der Waals surface area contributed by atoms with Crippen molar-refractivity contribution in [2.45, 2.75) is 24.4 Å². The van der Waals surface area contributed by atoms with Crippen molar-refractivity contribution < 1.29 is 23.1 Å². The van der Waals surface area contributed by atoms with Crippen LogP contribution in [0.1, 0.15) is 22.7 Å². The summed E-state index contributed by atoms with van der Waals surface area (Å²) in [5.41, 5.74) is 2.14. The Labute approximate surface area is 197 Å². The number of carbonyl (C=O) groups excluding carboxylic acids is 1. The number of amides is 1. The summed E-state index contributed by atoms with van der Waals surface area (Å²) < 4.78 is 32.5. The second-order valence-corrected chi connectivity index (χ2v) is 10.1. The van der Waals surface area contributed by atoms with Gasteiger partial charge in [0.1, 0.15) is 10.7 Å². The molecule has 1 atom stereocenters. The summed E-state index contributed by atoms with van der Waals surface area (Å²) in [5.74, 6) is -0.936. The molecule has 1 heterocycles. The van der Waals surface area contributed by atoms with Gasteiger partial charge in [-0.05, 0) is 54.4 Å². The minimum atomic E-state index is -4.17. The normalized spacial score (nSPS) is 16.4. The first kappa shape index (κ1) is 22.9. The third-order valence-corrected chi connectivity index (χ3v) is 7.69. The highest BCUT2D eigenvalue weighted by molar-refractivity contribution is 7.95. The zero-order chi connectivity index (χ0) is 23.8. The van der Waals surface area contributed by atoms with E-state index in [9.17, 15) is 18.3 Å². The number of ether oxygens (including phenoxy) is 1. The smallest absolute Gasteiger partial charge is 0.290 e. The Hall–Kier alpha value is -3.29. The van der Waals surface area contributed by atoms with Crippen molar-refractivity contribution in [1.29, 1.82) is 0 Å². The van der Waals surface area contributed by atoms with Crippen molar-refractivity contribution in [3.63, 3.8) is 0 Å². The van der Waals surface area contributed by atoms with Crippen molar-refractivity contribution in [3.8, 4) is 5.75 Å². The van der Waals surface area contributed by atoms with E-state index in [0.29, 0.717) is 16.3 Å². The molecule has 0 aliphatic carbocycles. The number of aliphatic hydroxyl groups excluding tert-OH is 1. The molecule has 0 aromatic heterocycles. The van der Waals surface area contributed by atoms with Crippen molar-refractivity contribution in [1.82, 2.24) is 4.90 Å². The van der Waals surface area contributed by atoms with Gasteiger partial charge >= 0.3 is 0 Å². The molecule has 3 aromatic rings. The standard InChI is InChI=1S/C25H22ClNO5S/c1-16-6-12-21(13-7-16)33(30,31)24-22(18-8-10-19(26)11-9-18)27(25(29)23(24)28)15-17-4-3-5-20(14-17)32-2/h3-14,22,28H,15H2,1-2H3/t22-/m1/s1. The summed E-state index contributed by atoms with van der Waals surface area (Å²) in [4.78, 5) is 14.2. The fourth-order valence-electron chi connectivity index (χ4n) is 3.86. The van der Waals surface area contributed by atoms with E-state index in [-0.39, 0.29) is 16.3 Å². The van der Waals surface area contributed by atoms with Crippen LogP contribution in [0, 0.1) is 6.92 Å². The van der Waals surface area contributed by atoms with Crippen LogP contribution >= 0.6 is 11.6 Å². The van der Waals surface area contributed by atoms with E-state index >= 15 is 0 Å². The topological polar surface area (TPSA) is 83.9 Å². The van der Waals surface area contributed by atoms with Gasteiger partial charge in [-0.2, -0.15) is 0 Å². The summed E-state index contributed by atoms with van der Waals surface area (Å²) in [6.07, 6.45) is 0. The lowest BCUT2D eigenvalue weighted by Crippen LogP contribution is -2.30. The Kier molecular flexibility index (Phi) is 6.19. The molecular weight excluding hydrogens is 462 g/mol. The molecule has 0 unspecified atom stereocenters. The molecule has 1 N–H and O–H groups in total. The highest BCUT2D eigenvalue weighted by Crippen LogP contribution is 2.43. The van der Waals surface area contributed by atoms with Crippen LogP contribution in [0.3, 0.4) is 0 Å². The molecule has 0 radical (unpaired) electrons. The van der Waals surface area contributed by atoms with Crippen LogP contribution in [-0.4, -0.2) is 31.4 Å². The van der Waals surface area contributed by atoms with Crippen LogP contribution in [0.2, 0.25) is 5.02 Å². The van der Waals surface area contributed by atoms with Gasteiger partial charge in [0.15, 0.2) is 5.76 Å². The van der Waals surface area contributed by atoms with Gasteiger partial charge in [-0.25, -0.2) is 8.42 Å². The molecular formula is C25H22ClNO5S. The van der Waals surface area contributed by atoms with E-state index in [1.807, 2.05) is 6.92 Å². The van der Waals surface area contributed by atoms with Gasteiger partial charge in [-0.3, -0.25) is 4.79 Å². The number of hydrogen-bond donors (Lipinski definition) is 1. The molecule has 33 heavy (non-hydrogen) atoms. The average Bonchev–Trinajstić information content (AvgIpc) is 3.05. The molecule has 6 nitrogen and oxygen atoms in total. The lowest BCUT2D eigenvalue weighted by atomic mass is 10.1. The predicted octanol–water partition coefficient (Wildman–Crippen LogP) is 4.98. The second-order valence-electron chi connectivity index (χ2n) is 7.77. The highest BCUT2D eigenvalue weighted by atomic mass is 35.5. The Bertz CT molecular complexity index is 1330. The fraction of sp³-hybridized carbons (Fsp3) is 0.160. The van der Waals surface area contributed by atoms with E-state index in [1.165, 1.54) is 24.1 Å². The Morgan fingerprint density at radius 3 is 2.33 bits per heavy atom. The van der Waals surface area contributed by atoms with Crippen molar-refractivity contribution in [3.05, 3.63) is 105 Å². The van der Waals surface area contributed by atoms with Crippen LogP contribution in [0.4, 0.5) is 0 Å². The van der Waals surface area contributed by atoms with Crippen molar-refractivity contribution in [2.75, 3.05) is 7.11 Å². The maximum atomic E-state index is 13.6. The highest BCUT2D eigenvalue weighted by Gasteiger charge is 2.46. The number of hydrogen-bond acceptors (Lipinski definition) is 5. The van der Waals surface area contributed by atoms with Crippen LogP contribution in [-0.2, 0) is 21.2 Å². The zero-order valence-corrected chi connectivity index (χ0v) is 19.6. The van der Waals surface area contributed by atoms with Gasteiger partial charge in [-0.1, -0.05) is 53.6 Å². The lowest BCUT2D eigenvalue weighted by molar-refractivity contribution is -0.130. The van der Waals surface area contributed by atoms with Gasteiger partial charge in [0.2, 0.25) is 9.84 Å². The fourth-order valence-corrected chi connectivity index (χ4v) is 5.63. The number of halogens is 1. The van der Waals surface area contributed by atoms with Crippen molar-refractivity contribution >= 4 is 27.3 Å². The average molecular weight is 484 g/mol. The zero-order valence-electron chi connectivity index (χ0n) is 18.0. The van der Waals surface area contributed by atoms with E-state index in [4.69, 9.17) is 16.3 Å². The molecule has 0 saturated heterocycles. The Morgan fingerprint density at radius 1 is 1.03 bits per heavy atom. The number of carbonyl (C=O) groups is 1. The van der Waals surface area contributed by atoms with Crippen molar-refractivity contribution in [2.24, 2.45) is 0 Å². The van der Waals surface area contributed by atoms with Gasteiger partial charge in [0.25, 0.3) is 5.91 Å². The number of aliphatic hydroxyl groups is 1. The third kappa shape index (κ3) is 4.34. The number of sulfone groups is 1. The lowest BCUT2D eigenvalue weighted by Gasteiger charge is -2.27. The predicted molar refractivity (Wildman–Crippen MR) is 126 cm³/mol. The maximum absolute atomic E-state index is 13.6. The summed E-state index contributed by atoms with van der Waals surface area (Å²) in [7, 11) is -2.64. The van der Waals surface area contributed by atoms with Crippen LogP contribution in [0.5, 0.6) is 5.75 Å². The first-order valence-electron chi connectivity index (χ1n) is 10.2. The minimum absolute atomic E-state index is 0.00430. The maximum Gasteiger partial charge on any atom is 0.290 e. The summed E-state index contributed by atoms with van der Waals surface area (Å²) in [6, 6.07) is 18.9. The summed E-state index contributed by atoms with van der Waals surface area (Å²) >= 11 is 6.04. The van der Waals surface area contributed by atoms with Gasteiger partial charge in [-0.15, -0.1) is 0 Å². The Balaban J connectivity index is 1.84. The number of aryl methyl sites for hydroxylation is 1. The SMILES string of the molecule is COc1cccc(CN2C(=O)C(O)=C(S(=O)(=O)c3ccc(C)cc3)[C@H]2c2ccc(Cl)cc2)c1. The van der Waals surface area contributed by atoms with E-state index in [1.54, 1.807) is 60.7 Å². The van der Waals surface area contributed by atoms with E-state index < -0.39 is 27.5 Å². The largest absolute Gasteiger partial charge is 0.502 e. The third-order valence-electron chi connectivity index (χ3n) is 5.55. The minimum Gasteiger partial charge on any atom is -0.502 e. The molecule has 0 fully saturated rings. The first-order valence-corrected chi connectivity index (χ1v) is 12.0.